The number of rotatable bonds is 1. The molecule has 0 saturated heterocycles. The molecule has 0 aromatic heterocycles. The van der Waals surface area contributed by atoms with Gasteiger partial charge in [-0.2, -0.15) is 0 Å². The molecule has 0 bridgehead atoms. The van der Waals surface area contributed by atoms with Crippen LogP contribution in [0.1, 0.15) is 73.1 Å². The monoisotopic (exact) mass is 224 g/mol. The molecule has 0 amide bonds. The number of hydrogen-bond acceptors (Lipinski definition) is 1. The molecule has 0 N–H and O–H groups in total. The van der Waals surface area contributed by atoms with E-state index in [0.29, 0.717) is 0 Å². The van der Waals surface area contributed by atoms with Crippen LogP contribution in [0.25, 0.3) is 0 Å². The Balaban J connectivity index is 0.000000222. The minimum atomic E-state index is 0.289. The van der Waals surface area contributed by atoms with E-state index >= 15 is 0 Å². The molecule has 0 heterocycles. The smallest absolute Gasteiger partial charge is 0.155 e. The molecule has 0 radical (unpaired) electrons. The van der Waals surface area contributed by atoms with E-state index < -0.39 is 0 Å². The standard InChI is InChI=1S/C6H8O.C5H10.C4H10/c1-5-2-3-6(7)4-5;1-5(2)3-4-5;1-3-4-2/h4H,2-3H2,1H3;3-4H2,1-2H3;3-4H2,1-2H3. The summed E-state index contributed by atoms with van der Waals surface area (Å²) in [6, 6.07) is 0. The molecule has 1 fully saturated rings. The fraction of sp³-hybridized carbons (Fsp3) is 0.800. The van der Waals surface area contributed by atoms with Crippen molar-refractivity contribution in [3.05, 3.63) is 11.6 Å². The SMILES string of the molecule is CC1(C)CC1.CC1=CC(=O)CC1.CCCC. The maximum Gasteiger partial charge on any atom is 0.155 e. The molecule has 0 unspecified atom stereocenters. The van der Waals surface area contributed by atoms with E-state index in [1.54, 1.807) is 6.08 Å². The molecule has 0 aliphatic heterocycles. The maximum absolute atomic E-state index is 10.4. The van der Waals surface area contributed by atoms with Gasteiger partial charge in [0, 0.05) is 6.42 Å². The zero-order chi connectivity index (χ0) is 12.6. The Morgan fingerprint density at radius 1 is 1.12 bits per heavy atom. The summed E-state index contributed by atoms with van der Waals surface area (Å²) in [6.45, 7) is 10.9. The maximum atomic E-state index is 10.4. The van der Waals surface area contributed by atoms with Crippen LogP contribution in [0.5, 0.6) is 0 Å². The Labute approximate surface area is 101 Å². The van der Waals surface area contributed by atoms with Crippen molar-refractivity contribution in [3.8, 4) is 0 Å². The highest BCUT2D eigenvalue weighted by Crippen LogP contribution is 2.43. The van der Waals surface area contributed by atoms with E-state index in [0.717, 1.165) is 18.3 Å². The summed E-state index contributed by atoms with van der Waals surface area (Å²) in [5, 5.41) is 0. The first-order valence-electron chi connectivity index (χ1n) is 6.61. The van der Waals surface area contributed by atoms with Crippen LogP contribution in [0.15, 0.2) is 11.6 Å². The number of hydrogen-bond donors (Lipinski definition) is 0. The lowest BCUT2D eigenvalue weighted by Gasteiger charge is -1.86. The lowest BCUT2D eigenvalue weighted by atomic mass is 10.2. The van der Waals surface area contributed by atoms with E-state index in [2.05, 4.69) is 27.7 Å². The zero-order valence-electron chi connectivity index (χ0n) is 11.7. The first kappa shape index (κ1) is 15.4. The van der Waals surface area contributed by atoms with Gasteiger partial charge in [0.2, 0.25) is 0 Å². The van der Waals surface area contributed by atoms with Crippen LogP contribution < -0.4 is 0 Å². The molecular formula is C15H28O. The Hall–Kier alpha value is -0.590. The van der Waals surface area contributed by atoms with Gasteiger partial charge in [0.1, 0.15) is 0 Å². The quantitative estimate of drug-likeness (QED) is 0.618. The molecule has 2 aliphatic carbocycles. The largest absolute Gasteiger partial charge is 0.295 e. The van der Waals surface area contributed by atoms with Gasteiger partial charge in [-0.05, 0) is 37.7 Å². The summed E-state index contributed by atoms with van der Waals surface area (Å²) >= 11 is 0. The highest BCUT2D eigenvalue weighted by atomic mass is 16.1. The highest BCUT2D eigenvalue weighted by molar-refractivity contribution is 5.92. The van der Waals surface area contributed by atoms with Crippen LogP contribution in [0.4, 0.5) is 0 Å². The van der Waals surface area contributed by atoms with Gasteiger partial charge in [-0.1, -0.05) is 46.1 Å². The summed E-state index contributed by atoms with van der Waals surface area (Å²) < 4.78 is 0. The fourth-order valence-corrected chi connectivity index (χ4v) is 0.990. The van der Waals surface area contributed by atoms with Crippen molar-refractivity contribution in [2.24, 2.45) is 5.41 Å². The topological polar surface area (TPSA) is 17.1 Å². The molecule has 16 heavy (non-hydrogen) atoms. The average molecular weight is 224 g/mol. The van der Waals surface area contributed by atoms with Gasteiger partial charge in [-0.3, -0.25) is 4.79 Å². The predicted molar refractivity (Wildman–Crippen MR) is 71.6 cm³/mol. The molecular weight excluding hydrogens is 196 g/mol. The molecule has 1 saturated carbocycles. The molecule has 2 aliphatic rings. The van der Waals surface area contributed by atoms with Crippen LogP contribution in [0, 0.1) is 5.41 Å². The lowest BCUT2D eigenvalue weighted by molar-refractivity contribution is -0.114. The molecule has 1 heteroatoms. The van der Waals surface area contributed by atoms with Gasteiger partial charge < -0.3 is 0 Å². The van der Waals surface area contributed by atoms with Gasteiger partial charge in [0.05, 0.1) is 0 Å². The molecule has 0 atom stereocenters. The summed E-state index contributed by atoms with van der Waals surface area (Å²) in [7, 11) is 0. The van der Waals surface area contributed by atoms with Crippen LogP contribution in [0.3, 0.4) is 0 Å². The number of carbonyl (C=O) groups is 1. The van der Waals surface area contributed by atoms with E-state index in [1.807, 2.05) is 6.92 Å². The van der Waals surface area contributed by atoms with Crippen molar-refractivity contribution < 1.29 is 4.79 Å². The zero-order valence-corrected chi connectivity index (χ0v) is 11.7. The minimum absolute atomic E-state index is 0.289. The molecule has 94 valence electrons. The molecule has 0 aromatic carbocycles. The summed E-state index contributed by atoms with van der Waals surface area (Å²) in [4.78, 5) is 10.4. The highest BCUT2D eigenvalue weighted by Gasteiger charge is 2.30. The fourth-order valence-electron chi connectivity index (χ4n) is 0.990. The minimum Gasteiger partial charge on any atom is -0.295 e. The second kappa shape index (κ2) is 7.65. The van der Waals surface area contributed by atoms with Crippen LogP contribution in [-0.2, 0) is 4.79 Å². The van der Waals surface area contributed by atoms with Crippen molar-refractivity contribution in [2.75, 3.05) is 0 Å². The Morgan fingerprint density at radius 3 is 1.62 bits per heavy atom. The van der Waals surface area contributed by atoms with Crippen LogP contribution >= 0.6 is 0 Å². The van der Waals surface area contributed by atoms with Crippen molar-refractivity contribution >= 4 is 5.78 Å². The second-order valence-corrected chi connectivity index (χ2v) is 5.62. The van der Waals surface area contributed by atoms with Crippen LogP contribution in [-0.4, -0.2) is 5.78 Å². The van der Waals surface area contributed by atoms with Gasteiger partial charge in [-0.25, -0.2) is 0 Å². The van der Waals surface area contributed by atoms with E-state index in [-0.39, 0.29) is 5.78 Å². The van der Waals surface area contributed by atoms with Crippen molar-refractivity contribution in [2.45, 2.75) is 73.1 Å². The Morgan fingerprint density at radius 2 is 1.56 bits per heavy atom. The van der Waals surface area contributed by atoms with Crippen molar-refractivity contribution in [1.82, 2.24) is 0 Å². The third-order valence-electron chi connectivity index (χ3n) is 2.92. The molecule has 0 spiro atoms. The predicted octanol–water partition coefficient (Wildman–Crippen LogP) is 4.91. The molecule has 0 aromatic rings. The molecule has 2 rings (SSSR count). The third kappa shape index (κ3) is 9.95. The summed E-state index contributed by atoms with van der Waals surface area (Å²) in [5.41, 5.74) is 1.98. The normalized spacial score (nSPS) is 20.1. The van der Waals surface area contributed by atoms with E-state index in [1.165, 1.54) is 31.3 Å². The van der Waals surface area contributed by atoms with E-state index in [9.17, 15) is 4.79 Å². The number of unbranched alkanes of at least 4 members (excludes halogenated alkanes) is 1. The number of allylic oxidation sites excluding steroid dienone is 2. The third-order valence-corrected chi connectivity index (χ3v) is 2.92. The lowest BCUT2D eigenvalue weighted by Crippen LogP contribution is -1.80. The van der Waals surface area contributed by atoms with Gasteiger partial charge in [0.25, 0.3) is 0 Å². The Bertz CT molecular complexity index is 228. The van der Waals surface area contributed by atoms with Crippen molar-refractivity contribution in [1.29, 1.82) is 0 Å². The van der Waals surface area contributed by atoms with Gasteiger partial charge in [-0.15, -0.1) is 0 Å². The first-order chi connectivity index (χ1) is 7.41. The number of carbonyl (C=O) groups excluding carboxylic acids is 1. The summed E-state index contributed by atoms with van der Waals surface area (Å²) in [6.07, 6.45) is 8.99. The van der Waals surface area contributed by atoms with Crippen molar-refractivity contribution in [3.63, 3.8) is 0 Å². The second-order valence-electron chi connectivity index (χ2n) is 5.62. The molecule has 1 nitrogen and oxygen atoms in total. The number of ketones is 1. The van der Waals surface area contributed by atoms with Gasteiger partial charge >= 0.3 is 0 Å². The first-order valence-corrected chi connectivity index (χ1v) is 6.61. The summed E-state index contributed by atoms with van der Waals surface area (Å²) in [5.74, 6) is 0.289. The van der Waals surface area contributed by atoms with E-state index in [4.69, 9.17) is 0 Å². The van der Waals surface area contributed by atoms with Crippen LogP contribution in [0.2, 0.25) is 0 Å². The Kier molecular flexibility index (Phi) is 7.36. The van der Waals surface area contributed by atoms with Gasteiger partial charge in [0.15, 0.2) is 5.78 Å². The average Bonchev–Trinajstić information content (AvgIpc) is 2.78.